The Kier molecular flexibility index (Phi) is 6.30. The van der Waals surface area contributed by atoms with E-state index >= 15 is 0 Å². The number of benzene rings is 6. The summed E-state index contributed by atoms with van der Waals surface area (Å²) in [4.78, 5) is 2.49. The van der Waals surface area contributed by atoms with Crippen molar-refractivity contribution in [3.05, 3.63) is 121 Å². The molecule has 0 radical (unpaired) electrons. The molecule has 0 fully saturated rings. The standard InChI is InChI=1S/C34H26O2S/c1-35-27-17-11-25(12-18-27)31-21-15-23-7-3-5-9-29(23)33(31)37-34-30-10-6-4-8-24(30)16-22-32(34)26-13-19-28(36-2)20-14-26/h3-22H,1-2H3. The Balaban J connectivity index is 1.59. The van der Waals surface area contributed by atoms with Gasteiger partial charge in [-0.05, 0) is 68.1 Å². The van der Waals surface area contributed by atoms with E-state index in [0.717, 1.165) is 11.5 Å². The van der Waals surface area contributed by atoms with Crippen LogP contribution < -0.4 is 9.47 Å². The van der Waals surface area contributed by atoms with Crippen molar-refractivity contribution in [2.75, 3.05) is 14.2 Å². The van der Waals surface area contributed by atoms with E-state index in [0.29, 0.717) is 0 Å². The molecule has 0 amide bonds. The minimum absolute atomic E-state index is 0.856. The predicted octanol–water partition coefficient (Wildman–Crippen LogP) is 9.50. The first kappa shape index (κ1) is 23.2. The van der Waals surface area contributed by atoms with Crippen LogP contribution in [0.15, 0.2) is 131 Å². The summed E-state index contributed by atoms with van der Waals surface area (Å²) < 4.78 is 10.8. The molecule has 6 aromatic carbocycles. The molecule has 0 saturated carbocycles. The highest BCUT2D eigenvalue weighted by molar-refractivity contribution is 8.00. The van der Waals surface area contributed by atoms with Gasteiger partial charge in [-0.3, -0.25) is 0 Å². The molecule has 2 nitrogen and oxygen atoms in total. The third-order valence-corrected chi connectivity index (χ3v) is 8.05. The Bertz CT molecular complexity index is 1570. The van der Waals surface area contributed by atoms with Crippen LogP contribution >= 0.6 is 11.8 Å². The van der Waals surface area contributed by atoms with Gasteiger partial charge in [-0.25, -0.2) is 0 Å². The molecule has 0 N–H and O–H groups in total. The molecule has 37 heavy (non-hydrogen) atoms. The molecule has 0 saturated heterocycles. The quantitative estimate of drug-likeness (QED) is 0.228. The molecule has 0 aromatic heterocycles. The normalized spacial score (nSPS) is 11.1. The Morgan fingerprint density at radius 2 is 0.838 bits per heavy atom. The number of ether oxygens (including phenoxy) is 2. The highest BCUT2D eigenvalue weighted by Gasteiger charge is 2.17. The van der Waals surface area contributed by atoms with Crippen molar-refractivity contribution in [2.45, 2.75) is 9.79 Å². The van der Waals surface area contributed by atoms with Crippen LogP contribution in [-0.4, -0.2) is 14.2 Å². The van der Waals surface area contributed by atoms with Crippen LogP contribution in [0.25, 0.3) is 43.8 Å². The van der Waals surface area contributed by atoms with Gasteiger partial charge in [-0.15, -0.1) is 0 Å². The molecule has 0 aliphatic rings. The van der Waals surface area contributed by atoms with E-state index in [2.05, 4.69) is 97.1 Å². The molecule has 0 unspecified atom stereocenters. The lowest BCUT2D eigenvalue weighted by molar-refractivity contribution is 0.415. The second-order valence-electron chi connectivity index (χ2n) is 8.89. The van der Waals surface area contributed by atoms with E-state index in [-0.39, 0.29) is 0 Å². The fourth-order valence-electron chi connectivity index (χ4n) is 4.80. The predicted molar refractivity (Wildman–Crippen MR) is 156 cm³/mol. The Morgan fingerprint density at radius 3 is 1.24 bits per heavy atom. The van der Waals surface area contributed by atoms with Crippen LogP contribution in [0.4, 0.5) is 0 Å². The summed E-state index contributed by atoms with van der Waals surface area (Å²) in [5, 5.41) is 4.95. The van der Waals surface area contributed by atoms with Gasteiger partial charge < -0.3 is 9.47 Å². The third kappa shape index (κ3) is 4.43. The van der Waals surface area contributed by atoms with Gasteiger partial charge in [-0.2, -0.15) is 0 Å². The van der Waals surface area contributed by atoms with Crippen LogP contribution in [0.2, 0.25) is 0 Å². The molecular formula is C34H26O2S. The van der Waals surface area contributed by atoms with Gasteiger partial charge in [0, 0.05) is 9.79 Å². The Morgan fingerprint density at radius 1 is 0.432 bits per heavy atom. The van der Waals surface area contributed by atoms with Gasteiger partial charge in [0.1, 0.15) is 11.5 Å². The van der Waals surface area contributed by atoms with Gasteiger partial charge in [-0.1, -0.05) is 109 Å². The van der Waals surface area contributed by atoms with E-state index < -0.39 is 0 Å². The fraction of sp³-hybridized carbons (Fsp3) is 0.0588. The van der Waals surface area contributed by atoms with Crippen molar-refractivity contribution in [1.29, 1.82) is 0 Å². The van der Waals surface area contributed by atoms with Crippen LogP contribution in [0.3, 0.4) is 0 Å². The van der Waals surface area contributed by atoms with Crippen molar-refractivity contribution in [2.24, 2.45) is 0 Å². The van der Waals surface area contributed by atoms with Crippen molar-refractivity contribution >= 4 is 33.3 Å². The van der Waals surface area contributed by atoms with Gasteiger partial charge in [0.05, 0.1) is 14.2 Å². The van der Waals surface area contributed by atoms with Crippen LogP contribution in [0, 0.1) is 0 Å². The van der Waals surface area contributed by atoms with Crippen molar-refractivity contribution < 1.29 is 9.47 Å². The highest BCUT2D eigenvalue weighted by atomic mass is 32.2. The zero-order valence-electron chi connectivity index (χ0n) is 20.8. The first-order valence-corrected chi connectivity index (χ1v) is 13.1. The first-order chi connectivity index (χ1) is 18.2. The first-order valence-electron chi connectivity index (χ1n) is 12.3. The summed E-state index contributed by atoms with van der Waals surface area (Å²) in [5.41, 5.74) is 4.75. The molecule has 0 spiro atoms. The number of hydrogen-bond acceptors (Lipinski definition) is 3. The average molecular weight is 499 g/mol. The summed E-state index contributed by atoms with van der Waals surface area (Å²) in [6.45, 7) is 0. The monoisotopic (exact) mass is 498 g/mol. The van der Waals surface area contributed by atoms with Crippen LogP contribution in [0.5, 0.6) is 11.5 Å². The number of rotatable bonds is 6. The second kappa shape index (κ2) is 10.0. The smallest absolute Gasteiger partial charge is 0.118 e. The van der Waals surface area contributed by atoms with Gasteiger partial charge >= 0.3 is 0 Å². The van der Waals surface area contributed by atoms with Crippen LogP contribution in [0.1, 0.15) is 0 Å². The third-order valence-electron chi connectivity index (χ3n) is 6.77. The van der Waals surface area contributed by atoms with E-state index in [9.17, 15) is 0 Å². The number of methoxy groups -OCH3 is 2. The topological polar surface area (TPSA) is 18.5 Å². The zero-order chi connectivity index (χ0) is 25.2. The molecule has 0 bridgehead atoms. The molecular weight excluding hydrogens is 472 g/mol. The van der Waals surface area contributed by atoms with Crippen molar-refractivity contribution in [3.63, 3.8) is 0 Å². The lowest BCUT2D eigenvalue weighted by atomic mass is 10.0. The maximum atomic E-state index is 5.42. The van der Waals surface area contributed by atoms with E-state index in [1.54, 1.807) is 14.2 Å². The highest BCUT2D eigenvalue weighted by Crippen LogP contribution is 2.47. The summed E-state index contributed by atoms with van der Waals surface area (Å²) in [6, 6.07) is 42.8. The van der Waals surface area contributed by atoms with Crippen molar-refractivity contribution in [1.82, 2.24) is 0 Å². The maximum absolute atomic E-state index is 5.42. The van der Waals surface area contributed by atoms with Gasteiger partial charge in [0.25, 0.3) is 0 Å². The Hall–Kier alpha value is -4.21. The number of hydrogen-bond donors (Lipinski definition) is 0. The molecule has 3 heteroatoms. The molecule has 0 heterocycles. The Labute approximate surface area is 221 Å². The van der Waals surface area contributed by atoms with Crippen molar-refractivity contribution in [3.8, 4) is 33.8 Å². The van der Waals surface area contributed by atoms with E-state index in [1.165, 1.54) is 53.6 Å². The van der Waals surface area contributed by atoms with Gasteiger partial charge in [0.15, 0.2) is 0 Å². The minimum atomic E-state index is 0.856. The molecule has 0 atom stereocenters. The minimum Gasteiger partial charge on any atom is -0.497 e. The molecule has 0 aliphatic heterocycles. The fourth-order valence-corrected chi connectivity index (χ4v) is 6.19. The average Bonchev–Trinajstić information content (AvgIpc) is 2.97. The van der Waals surface area contributed by atoms with E-state index in [4.69, 9.17) is 9.47 Å². The lowest BCUT2D eigenvalue weighted by Crippen LogP contribution is -1.90. The molecule has 6 aromatic rings. The second-order valence-corrected chi connectivity index (χ2v) is 9.91. The molecule has 180 valence electrons. The molecule has 0 aliphatic carbocycles. The van der Waals surface area contributed by atoms with Gasteiger partial charge in [0.2, 0.25) is 0 Å². The largest absolute Gasteiger partial charge is 0.497 e. The van der Waals surface area contributed by atoms with E-state index in [1.807, 2.05) is 36.0 Å². The zero-order valence-corrected chi connectivity index (χ0v) is 21.6. The lowest BCUT2D eigenvalue weighted by Gasteiger charge is -2.18. The van der Waals surface area contributed by atoms with Crippen LogP contribution in [-0.2, 0) is 0 Å². The maximum Gasteiger partial charge on any atom is 0.118 e. The summed E-state index contributed by atoms with van der Waals surface area (Å²) in [5.74, 6) is 1.71. The summed E-state index contributed by atoms with van der Waals surface area (Å²) in [7, 11) is 3.40. The SMILES string of the molecule is COc1ccc(-c2ccc3ccccc3c2Sc2c(-c3ccc(OC)cc3)ccc3ccccc23)cc1. The number of fused-ring (bicyclic) bond motifs is 2. The summed E-state index contributed by atoms with van der Waals surface area (Å²) >= 11 is 1.85. The summed E-state index contributed by atoms with van der Waals surface area (Å²) in [6.07, 6.45) is 0. The molecule has 6 rings (SSSR count).